The van der Waals surface area contributed by atoms with Gasteiger partial charge in [0.2, 0.25) is 5.91 Å². The van der Waals surface area contributed by atoms with E-state index in [4.69, 9.17) is 5.73 Å². The summed E-state index contributed by atoms with van der Waals surface area (Å²) in [5.41, 5.74) is 7.17. The topological polar surface area (TPSA) is 66.6 Å². The second kappa shape index (κ2) is 6.43. The van der Waals surface area contributed by atoms with Crippen LogP contribution in [0.3, 0.4) is 0 Å². The fourth-order valence-corrected chi connectivity index (χ4v) is 4.00. The molecule has 1 aromatic heterocycles. The molecule has 0 spiro atoms. The van der Waals surface area contributed by atoms with Crippen LogP contribution in [0.4, 0.5) is 0 Å². The summed E-state index contributed by atoms with van der Waals surface area (Å²) in [5.74, 6) is 0.220. The molecule has 1 aromatic rings. The fourth-order valence-electron chi connectivity index (χ4n) is 3.11. The van der Waals surface area contributed by atoms with Gasteiger partial charge in [0.25, 0.3) is 0 Å². The molecule has 3 atom stereocenters. The molecule has 1 saturated carbocycles. The second-order valence-corrected chi connectivity index (χ2v) is 6.62. The van der Waals surface area contributed by atoms with E-state index >= 15 is 0 Å². The maximum atomic E-state index is 12.5. The number of carbonyl (C=O) groups excluding carboxylic acids is 1. The van der Waals surface area contributed by atoms with Gasteiger partial charge in [0, 0.05) is 29.9 Å². The van der Waals surface area contributed by atoms with Crippen molar-refractivity contribution >= 4 is 29.7 Å². The highest BCUT2D eigenvalue weighted by molar-refractivity contribution is 7.10. The van der Waals surface area contributed by atoms with E-state index in [9.17, 15) is 9.90 Å². The lowest BCUT2D eigenvalue weighted by atomic mass is 9.83. The van der Waals surface area contributed by atoms with Crippen molar-refractivity contribution in [1.29, 1.82) is 0 Å². The summed E-state index contributed by atoms with van der Waals surface area (Å²) < 4.78 is 0. The summed E-state index contributed by atoms with van der Waals surface area (Å²) >= 11 is 1.78. The van der Waals surface area contributed by atoms with E-state index in [-0.39, 0.29) is 30.3 Å². The first kappa shape index (κ1) is 15.8. The average molecular weight is 317 g/mol. The molecular weight excluding hydrogens is 296 g/mol. The Morgan fingerprint density at radius 3 is 3.00 bits per heavy atom. The molecule has 4 nitrogen and oxygen atoms in total. The van der Waals surface area contributed by atoms with Crippen LogP contribution in [0.1, 0.15) is 29.7 Å². The Labute approximate surface area is 129 Å². The summed E-state index contributed by atoms with van der Waals surface area (Å²) in [4.78, 5) is 15.9. The molecule has 112 valence electrons. The standard InChI is InChI=1S/C14H20N2O2S.ClH/c15-11-7-9(1-2-12(11)17)14(18)16-5-3-13-10(8-16)4-6-19-13;/h4,6,9,11-12,17H,1-3,5,7-8,15H2;1H/t9-,11+,12+;/m0./s1. The van der Waals surface area contributed by atoms with Gasteiger partial charge in [-0.15, -0.1) is 23.7 Å². The molecule has 1 fully saturated rings. The molecule has 0 unspecified atom stereocenters. The Morgan fingerprint density at radius 2 is 2.25 bits per heavy atom. The van der Waals surface area contributed by atoms with E-state index in [0.29, 0.717) is 12.8 Å². The molecule has 2 aliphatic rings. The third-order valence-corrected chi connectivity index (χ3v) is 5.35. The summed E-state index contributed by atoms with van der Waals surface area (Å²) in [6.07, 6.45) is 2.57. The van der Waals surface area contributed by atoms with Crippen LogP contribution in [0, 0.1) is 5.92 Å². The van der Waals surface area contributed by atoms with Crippen LogP contribution in [-0.4, -0.2) is 34.6 Å². The van der Waals surface area contributed by atoms with Crippen LogP contribution in [0.2, 0.25) is 0 Å². The number of halogens is 1. The number of thiophene rings is 1. The highest BCUT2D eigenvalue weighted by Gasteiger charge is 2.34. The molecule has 1 aliphatic carbocycles. The molecule has 3 rings (SSSR count). The van der Waals surface area contributed by atoms with Gasteiger partial charge in [-0.2, -0.15) is 0 Å². The fraction of sp³-hybridized carbons (Fsp3) is 0.643. The molecule has 1 amide bonds. The van der Waals surface area contributed by atoms with Crippen LogP contribution in [0.15, 0.2) is 11.4 Å². The molecule has 0 aromatic carbocycles. The Bertz CT molecular complexity index is 479. The molecule has 0 radical (unpaired) electrons. The molecule has 20 heavy (non-hydrogen) atoms. The lowest BCUT2D eigenvalue weighted by Crippen LogP contribution is -2.46. The van der Waals surface area contributed by atoms with E-state index in [0.717, 1.165) is 25.9 Å². The SMILES string of the molecule is Cl.N[C@@H]1C[C@@H](C(=O)N2CCc3sccc3C2)CC[C@H]1O. The minimum Gasteiger partial charge on any atom is -0.392 e. The first-order valence-corrected chi connectivity index (χ1v) is 7.81. The highest BCUT2D eigenvalue weighted by Crippen LogP contribution is 2.29. The average Bonchev–Trinajstić information content (AvgIpc) is 2.88. The molecule has 3 N–H and O–H groups in total. The zero-order chi connectivity index (χ0) is 13.4. The minimum absolute atomic E-state index is 0. The molecule has 0 bridgehead atoms. The van der Waals surface area contributed by atoms with E-state index in [1.807, 2.05) is 4.90 Å². The number of aliphatic hydroxyl groups excluding tert-OH is 1. The van der Waals surface area contributed by atoms with Crippen molar-refractivity contribution in [2.24, 2.45) is 11.7 Å². The lowest BCUT2D eigenvalue weighted by molar-refractivity contribution is -0.138. The van der Waals surface area contributed by atoms with E-state index < -0.39 is 6.10 Å². The predicted molar refractivity (Wildman–Crippen MR) is 82.0 cm³/mol. The lowest BCUT2D eigenvalue weighted by Gasteiger charge is -2.35. The quantitative estimate of drug-likeness (QED) is 0.826. The van der Waals surface area contributed by atoms with Gasteiger partial charge in [0.05, 0.1) is 6.10 Å². The maximum Gasteiger partial charge on any atom is 0.226 e. The third kappa shape index (κ3) is 3.01. The van der Waals surface area contributed by atoms with Crippen molar-refractivity contribution in [1.82, 2.24) is 4.90 Å². The van der Waals surface area contributed by atoms with Gasteiger partial charge in [-0.25, -0.2) is 0 Å². The predicted octanol–water partition coefficient (Wildman–Crippen LogP) is 1.54. The Morgan fingerprint density at radius 1 is 1.45 bits per heavy atom. The van der Waals surface area contributed by atoms with Gasteiger partial charge in [-0.3, -0.25) is 4.79 Å². The van der Waals surface area contributed by atoms with Gasteiger partial charge < -0.3 is 15.7 Å². The van der Waals surface area contributed by atoms with Crippen LogP contribution < -0.4 is 5.73 Å². The number of fused-ring (bicyclic) bond motifs is 1. The number of hydrogen-bond acceptors (Lipinski definition) is 4. The smallest absolute Gasteiger partial charge is 0.226 e. The number of nitrogens with two attached hydrogens (primary N) is 1. The summed E-state index contributed by atoms with van der Waals surface area (Å²) in [6, 6.07) is 1.87. The zero-order valence-electron chi connectivity index (χ0n) is 11.3. The van der Waals surface area contributed by atoms with Crippen LogP contribution >= 0.6 is 23.7 Å². The van der Waals surface area contributed by atoms with Gasteiger partial charge in [-0.05, 0) is 42.7 Å². The number of aliphatic hydroxyl groups is 1. The largest absolute Gasteiger partial charge is 0.392 e. The zero-order valence-corrected chi connectivity index (χ0v) is 13.0. The van der Waals surface area contributed by atoms with Crippen LogP contribution in [-0.2, 0) is 17.8 Å². The summed E-state index contributed by atoms with van der Waals surface area (Å²) in [5, 5.41) is 11.7. The van der Waals surface area contributed by atoms with E-state index in [1.165, 1.54) is 10.4 Å². The molecule has 0 saturated heterocycles. The third-order valence-electron chi connectivity index (χ3n) is 4.33. The van der Waals surface area contributed by atoms with Crippen molar-refractivity contribution in [3.05, 3.63) is 21.9 Å². The highest BCUT2D eigenvalue weighted by atomic mass is 35.5. The van der Waals surface area contributed by atoms with Crippen molar-refractivity contribution in [3.63, 3.8) is 0 Å². The van der Waals surface area contributed by atoms with Crippen molar-refractivity contribution in [2.45, 2.75) is 44.4 Å². The number of rotatable bonds is 1. The summed E-state index contributed by atoms with van der Waals surface area (Å²) in [6.45, 7) is 1.56. The number of amides is 1. The van der Waals surface area contributed by atoms with Gasteiger partial charge in [0.1, 0.15) is 0 Å². The number of carbonyl (C=O) groups is 1. The molecule has 2 heterocycles. The second-order valence-electron chi connectivity index (χ2n) is 5.62. The normalized spacial score (nSPS) is 29.5. The monoisotopic (exact) mass is 316 g/mol. The first-order valence-electron chi connectivity index (χ1n) is 6.93. The first-order chi connectivity index (χ1) is 9.15. The van der Waals surface area contributed by atoms with Gasteiger partial charge in [-0.1, -0.05) is 0 Å². The molecule has 1 aliphatic heterocycles. The number of hydrogen-bond donors (Lipinski definition) is 2. The number of nitrogens with zero attached hydrogens (tertiary/aromatic N) is 1. The van der Waals surface area contributed by atoms with Crippen molar-refractivity contribution in [2.75, 3.05) is 6.54 Å². The van der Waals surface area contributed by atoms with Gasteiger partial charge >= 0.3 is 0 Å². The molecule has 6 heteroatoms. The Kier molecular flexibility index (Phi) is 5.07. The van der Waals surface area contributed by atoms with Gasteiger partial charge in [0.15, 0.2) is 0 Å². The van der Waals surface area contributed by atoms with E-state index in [1.54, 1.807) is 11.3 Å². The van der Waals surface area contributed by atoms with Crippen molar-refractivity contribution < 1.29 is 9.90 Å². The maximum absolute atomic E-state index is 12.5. The van der Waals surface area contributed by atoms with Crippen molar-refractivity contribution in [3.8, 4) is 0 Å². The summed E-state index contributed by atoms with van der Waals surface area (Å²) in [7, 11) is 0. The van der Waals surface area contributed by atoms with Crippen LogP contribution in [0.25, 0.3) is 0 Å². The van der Waals surface area contributed by atoms with E-state index in [2.05, 4.69) is 11.4 Å². The Hall–Kier alpha value is -0.620. The Balaban J connectivity index is 0.00000147. The van der Waals surface area contributed by atoms with Crippen LogP contribution in [0.5, 0.6) is 0 Å². The molecular formula is C14H21ClN2O2S. The minimum atomic E-state index is -0.436.